The van der Waals surface area contributed by atoms with Crippen LogP contribution in [0.3, 0.4) is 0 Å². The Morgan fingerprint density at radius 3 is 2.31 bits per heavy atom. The molecular formula is C37H34Cl2F2N6O5. The number of hydrogen-bond donors (Lipinski definition) is 1. The van der Waals surface area contributed by atoms with E-state index >= 15 is 0 Å². The SMILES string of the molecule is CCOC(=O)C1C2CN(Cc3ccc(-c4cccc(-c5cccc(Nc6nc(C(F)F)cc7c6c(=O)n(C)c(=O)n7C)c5Cl)c4Cl)nc3OC)CC21. The summed E-state index contributed by atoms with van der Waals surface area (Å²) in [6, 6.07) is 15.4. The van der Waals surface area contributed by atoms with Gasteiger partial charge in [0, 0.05) is 56.0 Å². The number of esters is 1. The van der Waals surface area contributed by atoms with E-state index < -0.39 is 23.4 Å². The molecule has 0 radical (unpaired) electrons. The molecule has 1 saturated carbocycles. The molecule has 1 aliphatic heterocycles. The van der Waals surface area contributed by atoms with Crippen molar-refractivity contribution in [3.8, 4) is 28.3 Å². The molecule has 2 unspecified atom stereocenters. The van der Waals surface area contributed by atoms with Crippen LogP contribution in [0, 0.1) is 17.8 Å². The third-order valence-corrected chi connectivity index (χ3v) is 10.7. The molecule has 2 atom stereocenters. The number of nitrogens with zero attached hydrogens (tertiary/aromatic N) is 5. The molecule has 0 amide bonds. The zero-order valence-corrected chi connectivity index (χ0v) is 30.1. The lowest BCUT2D eigenvalue weighted by Gasteiger charge is -2.20. The first-order valence-electron chi connectivity index (χ1n) is 16.6. The first-order valence-corrected chi connectivity index (χ1v) is 17.4. The van der Waals surface area contributed by atoms with Crippen molar-refractivity contribution in [3.05, 3.63) is 96.7 Å². The number of halogens is 4. The van der Waals surface area contributed by atoms with Crippen LogP contribution in [-0.2, 0) is 30.2 Å². The van der Waals surface area contributed by atoms with Crippen molar-refractivity contribution in [1.29, 1.82) is 0 Å². The van der Waals surface area contributed by atoms with Gasteiger partial charge in [-0.2, -0.15) is 0 Å². The Morgan fingerprint density at radius 2 is 1.63 bits per heavy atom. The number of rotatable bonds is 10. The average Bonchev–Trinajstić information content (AvgIpc) is 3.65. The van der Waals surface area contributed by atoms with Crippen molar-refractivity contribution in [2.24, 2.45) is 31.8 Å². The largest absolute Gasteiger partial charge is 0.481 e. The number of aryl methyl sites for hydroxylation is 1. The summed E-state index contributed by atoms with van der Waals surface area (Å²) in [5.74, 6) is 0.817. The molecule has 2 aromatic carbocycles. The monoisotopic (exact) mass is 750 g/mol. The predicted molar refractivity (Wildman–Crippen MR) is 195 cm³/mol. The second kappa shape index (κ2) is 13.9. The molecule has 1 N–H and O–H groups in total. The van der Waals surface area contributed by atoms with Crippen molar-refractivity contribution < 1.29 is 23.0 Å². The highest BCUT2D eigenvalue weighted by atomic mass is 35.5. The molecule has 5 aromatic rings. The Hall–Kier alpha value is -4.85. The highest BCUT2D eigenvalue weighted by Gasteiger charge is 2.60. The van der Waals surface area contributed by atoms with Crippen LogP contribution in [0.15, 0.2) is 64.2 Å². The molecule has 270 valence electrons. The minimum absolute atomic E-state index is 0.00227. The van der Waals surface area contributed by atoms with E-state index in [1.165, 1.54) is 14.1 Å². The van der Waals surface area contributed by atoms with E-state index in [-0.39, 0.29) is 39.3 Å². The number of methoxy groups -OCH3 is 1. The number of fused-ring (bicyclic) bond motifs is 2. The fourth-order valence-corrected chi connectivity index (χ4v) is 7.80. The van der Waals surface area contributed by atoms with Crippen LogP contribution in [0.1, 0.15) is 24.6 Å². The van der Waals surface area contributed by atoms with E-state index in [1.807, 2.05) is 31.2 Å². The van der Waals surface area contributed by atoms with Crippen molar-refractivity contribution in [1.82, 2.24) is 24.0 Å². The molecule has 1 saturated heterocycles. The maximum atomic E-state index is 13.9. The Balaban J connectivity index is 1.18. The molecule has 11 nitrogen and oxygen atoms in total. The zero-order chi connectivity index (χ0) is 37.0. The lowest BCUT2D eigenvalue weighted by atomic mass is 10.00. The summed E-state index contributed by atoms with van der Waals surface area (Å²) in [4.78, 5) is 49.1. The summed E-state index contributed by atoms with van der Waals surface area (Å²) in [7, 11) is 4.26. The lowest BCUT2D eigenvalue weighted by molar-refractivity contribution is -0.145. The van der Waals surface area contributed by atoms with Gasteiger partial charge in [-0.25, -0.2) is 23.5 Å². The molecule has 2 aliphatic rings. The first kappa shape index (κ1) is 35.5. The van der Waals surface area contributed by atoms with Crippen LogP contribution < -0.4 is 21.3 Å². The maximum absolute atomic E-state index is 13.9. The molecule has 0 bridgehead atoms. The Bertz CT molecular complexity index is 2350. The number of alkyl halides is 2. The van der Waals surface area contributed by atoms with Crippen molar-refractivity contribution in [3.63, 3.8) is 0 Å². The summed E-state index contributed by atoms with van der Waals surface area (Å²) in [6.45, 7) is 4.45. The van der Waals surface area contributed by atoms with Gasteiger partial charge in [-0.3, -0.25) is 23.6 Å². The standard InChI is InChI=1S/C37H34Cl2F2N6O5/c1-5-52-36(49)28-22-16-47(17-23(22)28)15-18-12-13-24(44-34(18)51-4)21-10-6-8-19(30(21)38)20-9-7-11-25(31(20)39)42-33-29-27(14-26(43-33)32(40)41)45(2)37(50)46(3)35(29)48/h6-14,22-23,28,32H,5,15-17H2,1-4H3,(H,42,43). The molecule has 0 spiro atoms. The number of carbonyl (C=O) groups is 1. The average molecular weight is 752 g/mol. The molecule has 1 aliphatic carbocycles. The van der Waals surface area contributed by atoms with Crippen molar-refractivity contribution >= 4 is 51.6 Å². The van der Waals surface area contributed by atoms with Gasteiger partial charge >= 0.3 is 11.7 Å². The van der Waals surface area contributed by atoms with Crippen molar-refractivity contribution in [2.45, 2.75) is 19.9 Å². The molecule has 2 fully saturated rings. The van der Waals surface area contributed by atoms with E-state index in [1.54, 1.807) is 31.4 Å². The number of pyridine rings is 2. The molecule has 7 rings (SSSR count). The third-order valence-electron chi connectivity index (χ3n) is 9.87. The summed E-state index contributed by atoms with van der Waals surface area (Å²) >= 11 is 14.0. The number of likely N-dealkylation sites (tertiary alicyclic amines) is 1. The zero-order valence-electron chi connectivity index (χ0n) is 28.6. The van der Waals surface area contributed by atoms with Crippen LogP contribution in [0.25, 0.3) is 33.3 Å². The van der Waals surface area contributed by atoms with Gasteiger partial charge in [0.15, 0.2) is 0 Å². The Kier molecular flexibility index (Phi) is 9.53. The van der Waals surface area contributed by atoms with Gasteiger partial charge in [0.05, 0.1) is 46.6 Å². The number of benzene rings is 2. The minimum Gasteiger partial charge on any atom is -0.481 e. The summed E-state index contributed by atoms with van der Waals surface area (Å²) in [5, 5.41) is 3.46. The summed E-state index contributed by atoms with van der Waals surface area (Å²) in [5.41, 5.74) is 1.48. The topological polar surface area (TPSA) is 121 Å². The van der Waals surface area contributed by atoms with Crippen LogP contribution in [0.4, 0.5) is 20.3 Å². The third kappa shape index (κ3) is 6.20. The Morgan fingerprint density at radius 1 is 0.962 bits per heavy atom. The number of carbonyl (C=O) groups excluding carboxylic acids is 1. The van der Waals surface area contributed by atoms with Crippen LogP contribution >= 0.6 is 23.2 Å². The smallest absolute Gasteiger partial charge is 0.330 e. The molecule has 4 heterocycles. The van der Waals surface area contributed by atoms with Gasteiger partial charge in [0.25, 0.3) is 12.0 Å². The van der Waals surface area contributed by atoms with Gasteiger partial charge in [-0.1, -0.05) is 59.6 Å². The van der Waals surface area contributed by atoms with Crippen LogP contribution in [0.5, 0.6) is 5.88 Å². The van der Waals surface area contributed by atoms with E-state index in [2.05, 4.69) is 15.2 Å². The first-order chi connectivity index (χ1) is 24.9. The van der Waals surface area contributed by atoms with E-state index in [0.29, 0.717) is 58.3 Å². The van der Waals surface area contributed by atoms with Gasteiger partial charge in [-0.15, -0.1) is 0 Å². The van der Waals surface area contributed by atoms with E-state index in [0.717, 1.165) is 33.9 Å². The number of piperidine rings is 1. The lowest BCUT2D eigenvalue weighted by Crippen LogP contribution is -2.37. The molecule has 15 heteroatoms. The van der Waals surface area contributed by atoms with Gasteiger partial charge in [-0.05, 0) is 37.0 Å². The molecule has 3 aromatic heterocycles. The maximum Gasteiger partial charge on any atom is 0.330 e. The molecular weight excluding hydrogens is 717 g/mol. The Labute approximate surface area is 306 Å². The summed E-state index contributed by atoms with van der Waals surface area (Å²) < 4.78 is 40.7. The highest BCUT2D eigenvalue weighted by Crippen LogP contribution is 2.52. The molecule has 52 heavy (non-hydrogen) atoms. The van der Waals surface area contributed by atoms with E-state index in [4.69, 9.17) is 37.7 Å². The second-order valence-corrected chi connectivity index (χ2v) is 13.7. The van der Waals surface area contributed by atoms with Crippen molar-refractivity contribution in [2.75, 3.05) is 32.1 Å². The normalized spacial score (nSPS) is 18.1. The quantitative estimate of drug-likeness (QED) is 0.158. The number of nitrogens with one attached hydrogen (secondary N) is 1. The number of aromatic nitrogens is 4. The van der Waals surface area contributed by atoms with E-state index in [9.17, 15) is 23.2 Å². The van der Waals surface area contributed by atoms with Gasteiger partial charge in [0.1, 0.15) is 16.9 Å². The fourth-order valence-electron chi connectivity index (χ4n) is 7.20. The fraction of sp³-hybridized carbons (Fsp3) is 0.324. The summed E-state index contributed by atoms with van der Waals surface area (Å²) in [6.07, 6.45) is -2.97. The number of anilines is 2. The van der Waals surface area contributed by atoms with Gasteiger partial charge in [0.2, 0.25) is 5.88 Å². The van der Waals surface area contributed by atoms with Crippen LogP contribution in [0.2, 0.25) is 10.0 Å². The second-order valence-electron chi connectivity index (χ2n) is 12.9. The van der Waals surface area contributed by atoms with Gasteiger partial charge < -0.3 is 14.8 Å². The highest BCUT2D eigenvalue weighted by molar-refractivity contribution is 6.39. The number of ether oxygens (including phenoxy) is 2. The number of hydrogen-bond acceptors (Lipinski definition) is 9. The van der Waals surface area contributed by atoms with Crippen LogP contribution in [-0.4, -0.2) is 56.8 Å². The minimum atomic E-state index is -2.97. The predicted octanol–water partition coefficient (Wildman–Crippen LogP) is 6.60.